The zero-order valence-corrected chi connectivity index (χ0v) is 13.2. The van der Waals surface area contributed by atoms with Crippen LogP contribution < -0.4 is 11.1 Å². The number of carbonyl (C=O) groups is 2. The van der Waals surface area contributed by atoms with E-state index in [1.54, 1.807) is 12.1 Å². The van der Waals surface area contributed by atoms with Gasteiger partial charge in [-0.15, -0.1) is 0 Å². The van der Waals surface area contributed by atoms with E-state index in [2.05, 4.69) is 21.2 Å². The smallest absolute Gasteiger partial charge is 0.306 e. The predicted molar refractivity (Wildman–Crippen MR) is 84.2 cm³/mol. The Kier molecular flexibility index (Phi) is 5.22. The van der Waals surface area contributed by atoms with Crippen LogP contribution in [0.15, 0.2) is 22.7 Å². The fourth-order valence-corrected chi connectivity index (χ4v) is 3.11. The number of benzene rings is 1. The molecule has 0 heterocycles. The number of amides is 1. The summed E-state index contributed by atoms with van der Waals surface area (Å²) in [4.78, 5) is 22.3. The SMILES string of the molecule is NC(=O)c1ccc(Br)cc1NCC1CCC(C(=O)O)CC1. The number of carbonyl (C=O) groups excluding carboxylic acids is 1. The Hall–Kier alpha value is -1.56. The highest BCUT2D eigenvalue weighted by Gasteiger charge is 2.25. The lowest BCUT2D eigenvalue weighted by atomic mass is 9.82. The van der Waals surface area contributed by atoms with Gasteiger partial charge in [0.25, 0.3) is 5.91 Å². The lowest BCUT2D eigenvalue weighted by molar-refractivity contribution is -0.143. The van der Waals surface area contributed by atoms with Crippen molar-refractivity contribution in [3.8, 4) is 0 Å². The Morgan fingerprint density at radius 1 is 1.29 bits per heavy atom. The highest BCUT2D eigenvalue weighted by Crippen LogP contribution is 2.30. The lowest BCUT2D eigenvalue weighted by Gasteiger charge is -2.26. The summed E-state index contributed by atoms with van der Waals surface area (Å²) >= 11 is 3.38. The average Bonchev–Trinajstić information content (AvgIpc) is 2.45. The number of hydrogen-bond donors (Lipinski definition) is 3. The maximum atomic E-state index is 11.4. The average molecular weight is 355 g/mol. The first-order valence-corrected chi connectivity index (χ1v) is 7.82. The molecule has 1 aromatic rings. The number of halogens is 1. The third kappa shape index (κ3) is 4.20. The van der Waals surface area contributed by atoms with E-state index >= 15 is 0 Å². The third-order valence-electron chi connectivity index (χ3n) is 4.02. The maximum absolute atomic E-state index is 11.4. The topological polar surface area (TPSA) is 92.4 Å². The van der Waals surface area contributed by atoms with E-state index in [1.165, 1.54) is 0 Å². The molecule has 0 radical (unpaired) electrons. The minimum absolute atomic E-state index is 0.201. The molecular formula is C15H19BrN2O3. The molecule has 1 aliphatic rings. The van der Waals surface area contributed by atoms with Crippen LogP contribution in [0.4, 0.5) is 5.69 Å². The first kappa shape index (κ1) is 15.8. The van der Waals surface area contributed by atoms with Gasteiger partial charge in [-0.2, -0.15) is 0 Å². The number of nitrogens with one attached hydrogen (secondary N) is 1. The molecule has 1 aliphatic carbocycles. The second-order valence-corrected chi connectivity index (χ2v) is 6.41. The minimum atomic E-state index is -0.690. The van der Waals surface area contributed by atoms with Gasteiger partial charge in [-0.1, -0.05) is 15.9 Å². The normalized spacial score (nSPS) is 21.8. The standard InChI is InChI=1S/C15H19BrN2O3/c16-11-5-6-12(14(17)19)13(7-11)18-8-9-1-3-10(4-2-9)15(20)21/h5-7,9-10,18H,1-4,8H2,(H2,17,19)(H,20,21). The van der Waals surface area contributed by atoms with E-state index in [4.69, 9.17) is 10.8 Å². The molecule has 0 aromatic heterocycles. The molecule has 1 aromatic carbocycles. The molecule has 5 nitrogen and oxygen atoms in total. The molecule has 0 saturated heterocycles. The molecule has 0 aliphatic heterocycles. The molecule has 0 bridgehead atoms. The van der Waals surface area contributed by atoms with Gasteiger partial charge in [0, 0.05) is 16.7 Å². The Bertz CT molecular complexity index is 540. The number of carboxylic acids is 1. The number of nitrogens with two attached hydrogens (primary N) is 1. The molecule has 21 heavy (non-hydrogen) atoms. The summed E-state index contributed by atoms with van der Waals surface area (Å²) in [5, 5.41) is 12.3. The molecule has 6 heteroatoms. The van der Waals surface area contributed by atoms with E-state index in [-0.39, 0.29) is 5.92 Å². The first-order valence-electron chi connectivity index (χ1n) is 7.03. The van der Waals surface area contributed by atoms with E-state index in [0.717, 1.165) is 42.4 Å². The summed E-state index contributed by atoms with van der Waals surface area (Å²) in [6.45, 7) is 0.725. The van der Waals surface area contributed by atoms with Crippen molar-refractivity contribution in [3.63, 3.8) is 0 Å². The number of rotatable bonds is 5. The summed E-state index contributed by atoms with van der Waals surface area (Å²) < 4.78 is 0.879. The molecular weight excluding hydrogens is 336 g/mol. The number of anilines is 1. The van der Waals surface area contributed by atoms with Crippen LogP contribution in [-0.2, 0) is 4.79 Å². The number of primary amides is 1. The van der Waals surface area contributed by atoms with Crippen molar-refractivity contribution in [3.05, 3.63) is 28.2 Å². The number of carboxylic acid groups (broad SMARTS) is 1. The number of aliphatic carboxylic acids is 1. The van der Waals surface area contributed by atoms with Crippen LogP contribution >= 0.6 is 15.9 Å². The second kappa shape index (κ2) is 6.93. The molecule has 1 fully saturated rings. The van der Waals surface area contributed by atoms with Crippen LogP contribution in [0, 0.1) is 11.8 Å². The Morgan fingerprint density at radius 2 is 1.95 bits per heavy atom. The van der Waals surface area contributed by atoms with E-state index in [1.807, 2.05) is 6.07 Å². The molecule has 0 spiro atoms. The van der Waals surface area contributed by atoms with Gasteiger partial charge in [-0.3, -0.25) is 9.59 Å². The van der Waals surface area contributed by atoms with E-state index < -0.39 is 11.9 Å². The van der Waals surface area contributed by atoms with Crippen molar-refractivity contribution < 1.29 is 14.7 Å². The Labute approximate surface area is 132 Å². The summed E-state index contributed by atoms with van der Waals surface area (Å²) in [6.07, 6.45) is 3.24. The molecule has 114 valence electrons. The van der Waals surface area contributed by atoms with Gasteiger partial charge in [-0.25, -0.2) is 0 Å². The first-order chi connectivity index (χ1) is 9.97. The van der Waals surface area contributed by atoms with E-state index in [9.17, 15) is 9.59 Å². The van der Waals surface area contributed by atoms with Gasteiger partial charge in [0.05, 0.1) is 11.5 Å². The van der Waals surface area contributed by atoms with Crippen LogP contribution in [0.3, 0.4) is 0 Å². The van der Waals surface area contributed by atoms with Crippen molar-refractivity contribution >= 4 is 33.5 Å². The van der Waals surface area contributed by atoms with Crippen LogP contribution in [0.5, 0.6) is 0 Å². The molecule has 2 rings (SSSR count). The fourth-order valence-electron chi connectivity index (χ4n) is 2.75. The highest BCUT2D eigenvalue weighted by molar-refractivity contribution is 9.10. The van der Waals surface area contributed by atoms with Crippen molar-refractivity contribution in [1.82, 2.24) is 0 Å². The second-order valence-electron chi connectivity index (χ2n) is 5.49. The van der Waals surface area contributed by atoms with Crippen molar-refractivity contribution in [1.29, 1.82) is 0 Å². The Morgan fingerprint density at radius 3 is 2.52 bits per heavy atom. The van der Waals surface area contributed by atoms with Crippen molar-refractivity contribution in [2.45, 2.75) is 25.7 Å². The van der Waals surface area contributed by atoms with Gasteiger partial charge in [0.1, 0.15) is 0 Å². The third-order valence-corrected chi connectivity index (χ3v) is 4.52. The van der Waals surface area contributed by atoms with Gasteiger partial charge in [-0.05, 0) is 49.8 Å². The highest BCUT2D eigenvalue weighted by atomic mass is 79.9. The fraction of sp³-hybridized carbons (Fsp3) is 0.467. The lowest BCUT2D eigenvalue weighted by Crippen LogP contribution is -2.25. The van der Waals surface area contributed by atoms with Crippen LogP contribution in [-0.4, -0.2) is 23.5 Å². The van der Waals surface area contributed by atoms with Crippen LogP contribution in [0.25, 0.3) is 0 Å². The molecule has 1 saturated carbocycles. The molecule has 4 N–H and O–H groups in total. The van der Waals surface area contributed by atoms with Crippen molar-refractivity contribution in [2.75, 3.05) is 11.9 Å². The summed E-state index contributed by atoms with van der Waals surface area (Å²) in [7, 11) is 0. The Balaban J connectivity index is 1.93. The summed E-state index contributed by atoms with van der Waals surface area (Å²) in [6, 6.07) is 5.31. The molecule has 0 atom stereocenters. The van der Waals surface area contributed by atoms with Gasteiger partial charge in [0.15, 0.2) is 0 Å². The summed E-state index contributed by atoms with van der Waals surface area (Å²) in [5.74, 6) is -0.919. The van der Waals surface area contributed by atoms with Gasteiger partial charge >= 0.3 is 5.97 Å². The van der Waals surface area contributed by atoms with Gasteiger partial charge in [0.2, 0.25) is 0 Å². The quantitative estimate of drug-likeness (QED) is 0.757. The number of hydrogen-bond acceptors (Lipinski definition) is 3. The monoisotopic (exact) mass is 354 g/mol. The largest absolute Gasteiger partial charge is 0.481 e. The molecule has 1 amide bonds. The molecule has 0 unspecified atom stereocenters. The van der Waals surface area contributed by atoms with Crippen LogP contribution in [0.1, 0.15) is 36.0 Å². The summed E-state index contributed by atoms with van der Waals surface area (Å²) in [5.41, 5.74) is 6.55. The van der Waals surface area contributed by atoms with Crippen molar-refractivity contribution in [2.24, 2.45) is 17.6 Å². The zero-order valence-electron chi connectivity index (χ0n) is 11.6. The van der Waals surface area contributed by atoms with E-state index in [0.29, 0.717) is 11.5 Å². The predicted octanol–water partition coefficient (Wildman–Crippen LogP) is 2.85. The minimum Gasteiger partial charge on any atom is -0.481 e. The maximum Gasteiger partial charge on any atom is 0.306 e. The zero-order chi connectivity index (χ0) is 15.4. The van der Waals surface area contributed by atoms with Crippen LogP contribution in [0.2, 0.25) is 0 Å². The van der Waals surface area contributed by atoms with Gasteiger partial charge < -0.3 is 16.2 Å².